The molecule has 3 nitrogen and oxygen atoms in total. The second-order valence-corrected chi connectivity index (χ2v) is 7.11. The van der Waals surface area contributed by atoms with Gasteiger partial charge in [0.1, 0.15) is 0 Å². The van der Waals surface area contributed by atoms with Crippen LogP contribution in [0.3, 0.4) is 0 Å². The molecule has 0 aromatic heterocycles. The van der Waals surface area contributed by atoms with Crippen molar-refractivity contribution in [2.24, 2.45) is 5.92 Å². The highest BCUT2D eigenvalue weighted by molar-refractivity contribution is 5.04. The molecule has 2 unspecified atom stereocenters. The Morgan fingerprint density at radius 2 is 1.95 bits per heavy atom. The van der Waals surface area contributed by atoms with Crippen molar-refractivity contribution in [1.29, 1.82) is 0 Å². The van der Waals surface area contributed by atoms with Gasteiger partial charge < -0.3 is 15.0 Å². The van der Waals surface area contributed by atoms with Gasteiger partial charge in [0.2, 0.25) is 0 Å². The monoisotopic (exact) mass is 282 g/mol. The van der Waals surface area contributed by atoms with Crippen LogP contribution >= 0.6 is 0 Å². The number of hydrogen-bond acceptors (Lipinski definition) is 3. The lowest BCUT2D eigenvalue weighted by Gasteiger charge is -2.54. The van der Waals surface area contributed by atoms with Crippen LogP contribution in [0.2, 0.25) is 0 Å². The molecule has 2 rings (SSSR count). The lowest BCUT2D eigenvalue weighted by molar-refractivity contribution is -0.153. The molecular formula is C17H34N2O. The molecule has 2 atom stereocenters. The highest BCUT2D eigenvalue weighted by Crippen LogP contribution is 2.47. The van der Waals surface area contributed by atoms with Gasteiger partial charge in [-0.2, -0.15) is 0 Å². The van der Waals surface area contributed by atoms with Gasteiger partial charge in [-0.15, -0.1) is 0 Å². The number of likely N-dealkylation sites (N-methyl/N-ethyl adjacent to an activating group) is 2. The van der Waals surface area contributed by atoms with Crippen molar-refractivity contribution in [3.8, 4) is 0 Å². The highest BCUT2D eigenvalue weighted by atomic mass is 16.5. The van der Waals surface area contributed by atoms with E-state index in [0.717, 1.165) is 12.5 Å². The third-order valence-corrected chi connectivity index (χ3v) is 6.27. The average molecular weight is 282 g/mol. The number of rotatable bonds is 6. The Bertz CT molecular complexity index is 308. The van der Waals surface area contributed by atoms with E-state index in [9.17, 15) is 0 Å². The summed E-state index contributed by atoms with van der Waals surface area (Å²) in [4.78, 5) is 2.46. The topological polar surface area (TPSA) is 24.5 Å². The maximum Gasteiger partial charge on any atom is 0.0685 e. The van der Waals surface area contributed by atoms with Crippen molar-refractivity contribution >= 4 is 0 Å². The summed E-state index contributed by atoms with van der Waals surface area (Å²) in [6, 6.07) is 0.564. The fraction of sp³-hybridized carbons (Fsp3) is 1.00. The van der Waals surface area contributed by atoms with Gasteiger partial charge in [0.05, 0.1) is 5.60 Å². The normalized spacial score (nSPS) is 27.6. The zero-order valence-corrected chi connectivity index (χ0v) is 14.2. The number of ether oxygens (including phenoxy) is 1. The van der Waals surface area contributed by atoms with Crippen LogP contribution in [-0.4, -0.2) is 49.8 Å². The molecule has 1 saturated heterocycles. The maximum absolute atomic E-state index is 6.13. The predicted molar refractivity (Wildman–Crippen MR) is 85.1 cm³/mol. The minimum Gasteiger partial charge on any atom is -0.375 e. The fourth-order valence-electron chi connectivity index (χ4n) is 4.81. The summed E-state index contributed by atoms with van der Waals surface area (Å²) in [6.07, 6.45) is 8.80. The maximum atomic E-state index is 6.13. The van der Waals surface area contributed by atoms with Crippen molar-refractivity contribution in [3.05, 3.63) is 0 Å². The Balaban J connectivity index is 2.17. The summed E-state index contributed by atoms with van der Waals surface area (Å²) in [5.74, 6) is 0.747. The molecule has 1 aliphatic carbocycles. The van der Waals surface area contributed by atoms with Crippen LogP contribution in [0.25, 0.3) is 0 Å². The summed E-state index contributed by atoms with van der Waals surface area (Å²) >= 11 is 0. The Morgan fingerprint density at radius 1 is 1.30 bits per heavy atom. The van der Waals surface area contributed by atoms with E-state index in [4.69, 9.17) is 4.74 Å². The summed E-state index contributed by atoms with van der Waals surface area (Å²) < 4.78 is 6.13. The molecule has 1 spiro atoms. The van der Waals surface area contributed by atoms with Gasteiger partial charge >= 0.3 is 0 Å². The second-order valence-electron chi connectivity index (χ2n) is 7.11. The van der Waals surface area contributed by atoms with Crippen molar-refractivity contribution < 1.29 is 4.74 Å². The SMILES string of the molecule is CCC(CC)(C(NC)C1CCOC2(CCC2)C1)N(C)C. The molecule has 0 radical (unpaired) electrons. The van der Waals surface area contributed by atoms with Crippen LogP contribution in [0.15, 0.2) is 0 Å². The summed E-state index contributed by atoms with van der Waals surface area (Å²) in [7, 11) is 6.64. The summed E-state index contributed by atoms with van der Waals surface area (Å²) in [5, 5.41) is 3.68. The zero-order valence-electron chi connectivity index (χ0n) is 14.2. The molecule has 2 aliphatic rings. The Hall–Kier alpha value is -0.120. The van der Waals surface area contributed by atoms with E-state index in [1.54, 1.807) is 0 Å². The number of nitrogens with one attached hydrogen (secondary N) is 1. The zero-order chi connectivity index (χ0) is 14.8. The lowest BCUT2D eigenvalue weighted by atomic mass is 9.66. The first kappa shape index (κ1) is 16.3. The molecule has 20 heavy (non-hydrogen) atoms. The molecule has 0 amide bonds. The van der Waals surface area contributed by atoms with E-state index in [0.29, 0.717) is 6.04 Å². The predicted octanol–water partition coefficient (Wildman–Crippen LogP) is 3.04. The molecule has 0 aromatic rings. The molecule has 0 aromatic carbocycles. The molecule has 3 heteroatoms. The first-order valence-corrected chi connectivity index (χ1v) is 8.52. The van der Waals surface area contributed by atoms with Crippen molar-refractivity contribution in [1.82, 2.24) is 10.2 Å². The van der Waals surface area contributed by atoms with Crippen molar-refractivity contribution in [2.45, 2.75) is 76.0 Å². The molecular weight excluding hydrogens is 248 g/mol. The van der Waals surface area contributed by atoms with Gasteiger partial charge in [0.15, 0.2) is 0 Å². The van der Waals surface area contributed by atoms with Crippen LogP contribution in [0, 0.1) is 5.92 Å². The molecule has 2 fully saturated rings. The summed E-state index contributed by atoms with van der Waals surface area (Å²) in [5.41, 5.74) is 0.513. The van der Waals surface area contributed by atoms with Gasteiger partial charge in [-0.1, -0.05) is 13.8 Å². The lowest BCUT2D eigenvalue weighted by Crippen LogP contribution is -2.63. The van der Waals surface area contributed by atoms with Gasteiger partial charge in [-0.3, -0.25) is 0 Å². The molecule has 0 bridgehead atoms. The fourth-order valence-corrected chi connectivity index (χ4v) is 4.81. The van der Waals surface area contributed by atoms with Gasteiger partial charge in [-0.05, 0) is 72.0 Å². The van der Waals surface area contributed by atoms with Crippen molar-refractivity contribution in [2.75, 3.05) is 27.7 Å². The van der Waals surface area contributed by atoms with Crippen LogP contribution in [0.4, 0.5) is 0 Å². The largest absolute Gasteiger partial charge is 0.375 e. The van der Waals surface area contributed by atoms with E-state index in [2.05, 4.69) is 45.2 Å². The molecule has 1 N–H and O–H groups in total. The minimum atomic E-state index is 0.248. The third kappa shape index (κ3) is 2.65. The first-order chi connectivity index (χ1) is 9.53. The van der Waals surface area contributed by atoms with E-state index >= 15 is 0 Å². The van der Waals surface area contributed by atoms with E-state index in [1.807, 2.05) is 0 Å². The molecule has 1 heterocycles. The van der Waals surface area contributed by atoms with Crippen molar-refractivity contribution in [3.63, 3.8) is 0 Å². The van der Waals surface area contributed by atoms with Crippen LogP contribution in [0.1, 0.15) is 58.8 Å². The summed E-state index contributed by atoms with van der Waals surface area (Å²) in [6.45, 7) is 5.64. The van der Waals surface area contributed by atoms with E-state index in [-0.39, 0.29) is 11.1 Å². The van der Waals surface area contributed by atoms with Crippen LogP contribution < -0.4 is 5.32 Å². The Kier molecular flexibility index (Phi) is 5.14. The minimum absolute atomic E-state index is 0.248. The van der Waals surface area contributed by atoms with Gasteiger partial charge in [0, 0.05) is 18.2 Å². The standard InChI is InChI=1S/C17H34N2O/c1-6-17(7-2,19(4)5)15(18-3)14-9-12-20-16(13-14)10-8-11-16/h14-15,18H,6-13H2,1-5H3. The third-order valence-electron chi connectivity index (χ3n) is 6.27. The molecule has 1 saturated carbocycles. The average Bonchev–Trinajstić information content (AvgIpc) is 2.42. The second kappa shape index (κ2) is 6.33. The molecule has 118 valence electrons. The van der Waals surface area contributed by atoms with Crippen LogP contribution in [-0.2, 0) is 4.74 Å². The van der Waals surface area contributed by atoms with Gasteiger partial charge in [0.25, 0.3) is 0 Å². The first-order valence-electron chi connectivity index (χ1n) is 8.52. The quantitative estimate of drug-likeness (QED) is 0.810. The van der Waals surface area contributed by atoms with E-state index < -0.39 is 0 Å². The smallest absolute Gasteiger partial charge is 0.0685 e. The van der Waals surface area contributed by atoms with E-state index in [1.165, 1.54) is 44.9 Å². The highest BCUT2D eigenvalue weighted by Gasteiger charge is 2.48. The van der Waals surface area contributed by atoms with Gasteiger partial charge in [-0.25, -0.2) is 0 Å². The number of hydrogen-bond donors (Lipinski definition) is 1. The number of nitrogens with zero attached hydrogens (tertiary/aromatic N) is 1. The Labute approximate surface area is 125 Å². The Morgan fingerprint density at radius 3 is 2.35 bits per heavy atom. The molecule has 1 aliphatic heterocycles. The van der Waals surface area contributed by atoms with Crippen LogP contribution in [0.5, 0.6) is 0 Å².